The van der Waals surface area contributed by atoms with Crippen molar-refractivity contribution in [3.63, 3.8) is 0 Å². The minimum absolute atomic E-state index is 0.132. The smallest absolute Gasteiger partial charge is 0.321 e. The molecule has 0 aliphatic carbocycles. The lowest BCUT2D eigenvalue weighted by molar-refractivity contribution is 0.193. The van der Waals surface area contributed by atoms with Crippen molar-refractivity contribution >= 4 is 33.1 Å². The first-order valence-electron chi connectivity index (χ1n) is 7.82. The Balaban J connectivity index is 1.53. The number of likely N-dealkylation sites (tertiary alicyclic amines) is 1. The maximum Gasteiger partial charge on any atom is 0.321 e. The molecule has 1 aliphatic rings. The Morgan fingerprint density at radius 1 is 1.16 bits per heavy atom. The summed E-state index contributed by atoms with van der Waals surface area (Å²) in [4.78, 5) is 13.8. The number of hydrogen-bond acceptors (Lipinski definition) is 4. The molecule has 3 rings (SSSR count). The molecule has 1 fully saturated rings. The topological polar surface area (TPSA) is 78.5 Å². The van der Waals surface area contributed by atoms with Crippen molar-refractivity contribution in [2.24, 2.45) is 0 Å². The predicted molar refractivity (Wildman–Crippen MR) is 94.7 cm³/mol. The first-order valence-corrected chi connectivity index (χ1v) is 10.2. The fourth-order valence-electron chi connectivity index (χ4n) is 2.65. The number of urea groups is 1. The van der Waals surface area contributed by atoms with E-state index in [2.05, 4.69) is 10.0 Å². The second-order valence-corrected chi connectivity index (χ2v) is 8.61. The van der Waals surface area contributed by atoms with E-state index in [0.29, 0.717) is 25.9 Å². The van der Waals surface area contributed by atoms with Gasteiger partial charge in [0.1, 0.15) is 10.0 Å². The second kappa shape index (κ2) is 7.51. The molecule has 0 radical (unpaired) electrons. The number of hydrogen-bond donors (Lipinski definition) is 2. The first-order chi connectivity index (χ1) is 12.0. The number of amides is 2. The largest absolute Gasteiger partial charge is 0.324 e. The molecule has 1 saturated heterocycles. The van der Waals surface area contributed by atoms with Gasteiger partial charge in [-0.1, -0.05) is 18.2 Å². The highest BCUT2D eigenvalue weighted by Crippen LogP contribution is 2.19. The van der Waals surface area contributed by atoms with Gasteiger partial charge in [-0.3, -0.25) is 0 Å². The van der Waals surface area contributed by atoms with E-state index in [9.17, 15) is 17.6 Å². The van der Waals surface area contributed by atoms with Crippen molar-refractivity contribution in [1.29, 1.82) is 0 Å². The van der Waals surface area contributed by atoms with E-state index >= 15 is 0 Å². The first kappa shape index (κ1) is 17.8. The third kappa shape index (κ3) is 4.36. The molecule has 1 aliphatic heterocycles. The highest BCUT2D eigenvalue weighted by molar-refractivity contribution is 7.91. The van der Waals surface area contributed by atoms with Crippen molar-refractivity contribution in [3.05, 3.63) is 47.6 Å². The molecule has 2 N–H and O–H groups in total. The molecule has 6 nitrogen and oxygen atoms in total. The SMILES string of the molecule is O=C(Nc1ccccc1F)N1CCC(NS(=O)(=O)c2cccs2)CC1. The zero-order valence-corrected chi connectivity index (χ0v) is 14.9. The Morgan fingerprint density at radius 2 is 1.88 bits per heavy atom. The van der Waals surface area contributed by atoms with Crippen LogP contribution in [0.5, 0.6) is 0 Å². The van der Waals surface area contributed by atoms with Crippen LogP contribution in [0.25, 0.3) is 0 Å². The van der Waals surface area contributed by atoms with Gasteiger partial charge in [0.15, 0.2) is 0 Å². The molecule has 1 aromatic carbocycles. The summed E-state index contributed by atoms with van der Waals surface area (Å²) >= 11 is 1.17. The van der Waals surface area contributed by atoms with Gasteiger partial charge in [-0.25, -0.2) is 22.3 Å². The van der Waals surface area contributed by atoms with Crippen LogP contribution in [0.1, 0.15) is 12.8 Å². The van der Waals surface area contributed by atoms with Crippen LogP contribution < -0.4 is 10.0 Å². The molecule has 2 heterocycles. The monoisotopic (exact) mass is 383 g/mol. The van der Waals surface area contributed by atoms with Crippen molar-refractivity contribution in [1.82, 2.24) is 9.62 Å². The van der Waals surface area contributed by atoms with Crippen LogP contribution in [0.2, 0.25) is 0 Å². The number of anilines is 1. The lowest BCUT2D eigenvalue weighted by Gasteiger charge is -2.32. The van der Waals surface area contributed by atoms with E-state index in [-0.39, 0.29) is 22.0 Å². The molecular formula is C16H18FN3O3S2. The van der Waals surface area contributed by atoms with E-state index in [1.54, 1.807) is 34.5 Å². The number of carbonyl (C=O) groups is 1. The maximum absolute atomic E-state index is 13.6. The fraction of sp³-hybridized carbons (Fsp3) is 0.312. The summed E-state index contributed by atoms with van der Waals surface area (Å²) in [5.74, 6) is -0.491. The molecule has 134 valence electrons. The van der Waals surface area contributed by atoms with Gasteiger partial charge in [0.2, 0.25) is 10.0 Å². The fourth-order valence-corrected chi connectivity index (χ4v) is 4.97. The molecule has 2 aromatic rings. The van der Waals surface area contributed by atoms with Crippen molar-refractivity contribution in [2.45, 2.75) is 23.1 Å². The van der Waals surface area contributed by atoms with Crippen molar-refractivity contribution in [2.75, 3.05) is 18.4 Å². The average Bonchev–Trinajstić information content (AvgIpc) is 3.13. The van der Waals surface area contributed by atoms with Gasteiger partial charge in [0.25, 0.3) is 0 Å². The molecule has 0 saturated carbocycles. The molecule has 0 atom stereocenters. The number of sulfonamides is 1. The molecule has 0 bridgehead atoms. The Kier molecular flexibility index (Phi) is 5.36. The van der Waals surface area contributed by atoms with Crippen LogP contribution in [0.4, 0.5) is 14.9 Å². The van der Waals surface area contributed by atoms with Crippen LogP contribution in [0.15, 0.2) is 46.0 Å². The predicted octanol–water partition coefficient (Wildman–Crippen LogP) is 2.86. The number of halogens is 1. The number of piperidine rings is 1. The van der Waals surface area contributed by atoms with E-state index in [1.807, 2.05) is 0 Å². The molecule has 0 unspecified atom stereocenters. The van der Waals surface area contributed by atoms with E-state index in [0.717, 1.165) is 0 Å². The second-order valence-electron chi connectivity index (χ2n) is 5.72. The number of nitrogens with zero attached hydrogens (tertiary/aromatic N) is 1. The molecule has 25 heavy (non-hydrogen) atoms. The average molecular weight is 383 g/mol. The number of carbonyl (C=O) groups excluding carboxylic acids is 1. The van der Waals surface area contributed by atoms with E-state index in [1.165, 1.54) is 23.5 Å². The summed E-state index contributed by atoms with van der Waals surface area (Å²) in [5, 5.41) is 4.25. The van der Waals surface area contributed by atoms with Gasteiger partial charge < -0.3 is 10.2 Å². The minimum Gasteiger partial charge on any atom is -0.324 e. The lowest BCUT2D eigenvalue weighted by atomic mass is 10.1. The standard InChI is InChI=1S/C16H18FN3O3S2/c17-13-4-1-2-5-14(13)18-16(21)20-9-7-12(8-10-20)19-25(22,23)15-6-3-11-24-15/h1-6,11-12,19H,7-10H2,(H,18,21). The molecular weight excluding hydrogens is 365 g/mol. The Morgan fingerprint density at radius 3 is 2.52 bits per heavy atom. The van der Waals surface area contributed by atoms with Crippen molar-refractivity contribution < 1.29 is 17.6 Å². The molecule has 2 amide bonds. The summed E-state index contributed by atoms with van der Waals surface area (Å²) in [6, 6.07) is 8.62. The van der Waals surface area contributed by atoms with Gasteiger partial charge in [-0.05, 0) is 36.4 Å². The Labute approximate surface area is 149 Å². The normalized spacial score (nSPS) is 16.0. The zero-order chi connectivity index (χ0) is 17.9. The molecule has 0 spiro atoms. The summed E-state index contributed by atoms with van der Waals surface area (Å²) in [6.45, 7) is 0.801. The summed E-state index contributed by atoms with van der Waals surface area (Å²) in [6.07, 6.45) is 1.02. The minimum atomic E-state index is -3.51. The van der Waals surface area contributed by atoms with E-state index in [4.69, 9.17) is 0 Å². The van der Waals surface area contributed by atoms with Gasteiger partial charge in [-0.15, -0.1) is 11.3 Å². The Hall–Kier alpha value is -1.97. The number of rotatable bonds is 4. The lowest BCUT2D eigenvalue weighted by Crippen LogP contribution is -2.47. The quantitative estimate of drug-likeness (QED) is 0.852. The third-order valence-corrected chi connectivity index (χ3v) is 6.90. The van der Waals surface area contributed by atoms with Crippen LogP contribution >= 0.6 is 11.3 Å². The maximum atomic E-state index is 13.6. The van der Waals surface area contributed by atoms with Crippen LogP contribution in [0, 0.1) is 5.82 Å². The zero-order valence-electron chi connectivity index (χ0n) is 13.3. The third-order valence-electron chi connectivity index (χ3n) is 3.98. The van der Waals surface area contributed by atoms with Crippen LogP contribution in [0.3, 0.4) is 0 Å². The highest BCUT2D eigenvalue weighted by atomic mass is 32.2. The summed E-state index contributed by atoms with van der Waals surface area (Å²) in [5.41, 5.74) is 0.132. The van der Waals surface area contributed by atoms with Crippen LogP contribution in [-0.4, -0.2) is 38.5 Å². The van der Waals surface area contributed by atoms with Gasteiger partial charge in [0.05, 0.1) is 5.69 Å². The van der Waals surface area contributed by atoms with Gasteiger partial charge in [-0.2, -0.15) is 0 Å². The highest BCUT2D eigenvalue weighted by Gasteiger charge is 2.27. The number of benzene rings is 1. The summed E-state index contributed by atoms with van der Waals surface area (Å²) < 4.78 is 41.0. The Bertz CT molecular complexity index is 832. The molecule has 1 aromatic heterocycles. The number of nitrogens with one attached hydrogen (secondary N) is 2. The van der Waals surface area contributed by atoms with Gasteiger partial charge in [0, 0.05) is 19.1 Å². The number of para-hydroxylation sites is 1. The van der Waals surface area contributed by atoms with Crippen molar-refractivity contribution in [3.8, 4) is 0 Å². The van der Waals surface area contributed by atoms with Gasteiger partial charge >= 0.3 is 6.03 Å². The van der Waals surface area contributed by atoms with E-state index < -0.39 is 15.8 Å². The number of thiophene rings is 1. The molecule has 9 heteroatoms. The summed E-state index contributed by atoms with van der Waals surface area (Å²) in [7, 11) is -3.51. The van der Waals surface area contributed by atoms with Crippen LogP contribution in [-0.2, 0) is 10.0 Å².